The lowest BCUT2D eigenvalue weighted by Gasteiger charge is -2.06. The summed E-state index contributed by atoms with van der Waals surface area (Å²) in [6.07, 6.45) is 5.35. The molecule has 0 radical (unpaired) electrons. The summed E-state index contributed by atoms with van der Waals surface area (Å²) in [4.78, 5) is 0. The second-order valence-electron chi connectivity index (χ2n) is 2.54. The Labute approximate surface area is 62.3 Å². The quantitative estimate of drug-likeness (QED) is 0.591. The Morgan fingerprint density at radius 3 is 3.20 bits per heavy atom. The molecule has 0 saturated carbocycles. The van der Waals surface area contributed by atoms with E-state index < -0.39 is 0 Å². The van der Waals surface area contributed by atoms with E-state index in [1.165, 1.54) is 0 Å². The summed E-state index contributed by atoms with van der Waals surface area (Å²) in [6.45, 7) is 4.82. The van der Waals surface area contributed by atoms with Gasteiger partial charge in [0.2, 0.25) is 0 Å². The zero-order valence-corrected chi connectivity index (χ0v) is 6.47. The third kappa shape index (κ3) is 2.50. The molecule has 0 aromatic carbocycles. The zero-order chi connectivity index (χ0) is 7.23. The molecule has 1 rings (SSSR count). The number of rotatable bonds is 3. The molecule has 2 nitrogen and oxygen atoms in total. The number of hydrogen-bond donors (Lipinski definition) is 1. The monoisotopic (exact) mass is 141 g/mol. The second-order valence-corrected chi connectivity index (χ2v) is 2.54. The molecule has 0 aliphatic carbocycles. The minimum atomic E-state index is 0.594. The average molecular weight is 141 g/mol. The highest BCUT2D eigenvalue weighted by molar-refractivity contribution is 4.82. The summed E-state index contributed by atoms with van der Waals surface area (Å²) in [6, 6.07) is 0.594. The van der Waals surface area contributed by atoms with Crippen molar-refractivity contribution in [2.45, 2.75) is 19.4 Å². The maximum absolute atomic E-state index is 5.20. The van der Waals surface area contributed by atoms with E-state index in [-0.39, 0.29) is 0 Å². The van der Waals surface area contributed by atoms with Gasteiger partial charge in [0, 0.05) is 19.2 Å². The summed E-state index contributed by atoms with van der Waals surface area (Å²) in [5.41, 5.74) is 0. The number of allylic oxidation sites excluding steroid dienone is 1. The van der Waals surface area contributed by atoms with E-state index >= 15 is 0 Å². The molecule has 1 fully saturated rings. The van der Waals surface area contributed by atoms with E-state index in [1.54, 1.807) is 0 Å². The van der Waals surface area contributed by atoms with Crippen molar-refractivity contribution < 1.29 is 4.74 Å². The fourth-order valence-electron chi connectivity index (χ4n) is 1.05. The highest BCUT2D eigenvalue weighted by atomic mass is 16.5. The standard InChI is InChI=1S/C8H15NO/c1-2-3-5-9-8-4-6-10-7-8/h2-3,8-9H,4-7H2,1H3/b3-2+. The minimum Gasteiger partial charge on any atom is -0.380 e. The van der Waals surface area contributed by atoms with Crippen LogP contribution in [-0.4, -0.2) is 25.8 Å². The Morgan fingerprint density at radius 1 is 1.70 bits per heavy atom. The minimum absolute atomic E-state index is 0.594. The van der Waals surface area contributed by atoms with E-state index in [0.29, 0.717) is 6.04 Å². The van der Waals surface area contributed by atoms with Crippen LogP contribution in [0.2, 0.25) is 0 Å². The van der Waals surface area contributed by atoms with Crippen molar-refractivity contribution in [3.05, 3.63) is 12.2 Å². The number of nitrogens with one attached hydrogen (secondary N) is 1. The van der Waals surface area contributed by atoms with Crippen LogP contribution in [0, 0.1) is 0 Å². The molecule has 1 atom stereocenters. The average Bonchev–Trinajstić information content (AvgIpc) is 2.41. The molecule has 1 unspecified atom stereocenters. The van der Waals surface area contributed by atoms with Crippen molar-refractivity contribution in [1.29, 1.82) is 0 Å². The molecule has 1 aliphatic heterocycles. The van der Waals surface area contributed by atoms with Gasteiger partial charge in [0.05, 0.1) is 6.61 Å². The molecule has 1 heterocycles. The third-order valence-electron chi connectivity index (χ3n) is 1.69. The summed E-state index contributed by atoms with van der Waals surface area (Å²) in [5, 5.41) is 3.37. The smallest absolute Gasteiger partial charge is 0.0620 e. The molecule has 58 valence electrons. The highest BCUT2D eigenvalue weighted by Crippen LogP contribution is 2.02. The lowest BCUT2D eigenvalue weighted by atomic mass is 10.2. The van der Waals surface area contributed by atoms with Gasteiger partial charge in [-0.25, -0.2) is 0 Å². The Kier molecular flexibility index (Phi) is 3.47. The summed E-state index contributed by atoms with van der Waals surface area (Å²) in [7, 11) is 0. The maximum atomic E-state index is 5.20. The van der Waals surface area contributed by atoms with Gasteiger partial charge in [-0.1, -0.05) is 12.2 Å². The molecule has 1 aliphatic rings. The van der Waals surface area contributed by atoms with Crippen LogP contribution in [0.3, 0.4) is 0 Å². The lowest BCUT2D eigenvalue weighted by molar-refractivity contribution is 0.190. The molecule has 1 saturated heterocycles. The summed E-state index contributed by atoms with van der Waals surface area (Å²) < 4.78 is 5.20. The zero-order valence-electron chi connectivity index (χ0n) is 6.47. The predicted molar refractivity (Wildman–Crippen MR) is 42.0 cm³/mol. The van der Waals surface area contributed by atoms with Gasteiger partial charge in [-0.3, -0.25) is 0 Å². The molecule has 0 amide bonds. The van der Waals surface area contributed by atoms with Crippen molar-refractivity contribution in [3.63, 3.8) is 0 Å². The fourth-order valence-corrected chi connectivity index (χ4v) is 1.05. The summed E-state index contributed by atoms with van der Waals surface area (Å²) >= 11 is 0. The van der Waals surface area contributed by atoms with Crippen molar-refractivity contribution in [2.24, 2.45) is 0 Å². The highest BCUT2D eigenvalue weighted by Gasteiger charge is 2.12. The summed E-state index contributed by atoms with van der Waals surface area (Å²) in [5.74, 6) is 0. The Hall–Kier alpha value is -0.340. The lowest BCUT2D eigenvalue weighted by Crippen LogP contribution is -2.29. The van der Waals surface area contributed by atoms with Crippen LogP contribution in [0.25, 0.3) is 0 Å². The first kappa shape index (κ1) is 7.76. The Morgan fingerprint density at radius 2 is 2.60 bits per heavy atom. The van der Waals surface area contributed by atoms with Crippen LogP contribution in [0.5, 0.6) is 0 Å². The van der Waals surface area contributed by atoms with E-state index in [4.69, 9.17) is 4.74 Å². The normalized spacial score (nSPS) is 26.3. The largest absolute Gasteiger partial charge is 0.380 e. The van der Waals surface area contributed by atoms with Crippen molar-refractivity contribution >= 4 is 0 Å². The molecule has 0 aromatic heterocycles. The molecule has 0 bridgehead atoms. The first-order valence-corrected chi connectivity index (χ1v) is 3.86. The molecule has 1 N–H and O–H groups in total. The van der Waals surface area contributed by atoms with Gasteiger partial charge >= 0.3 is 0 Å². The Bertz CT molecular complexity index is 106. The van der Waals surface area contributed by atoms with Crippen LogP contribution in [0.15, 0.2) is 12.2 Å². The van der Waals surface area contributed by atoms with Crippen LogP contribution in [0.1, 0.15) is 13.3 Å². The topological polar surface area (TPSA) is 21.3 Å². The molecular weight excluding hydrogens is 126 g/mol. The van der Waals surface area contributed by atoms with Gasteiger partial charge in [-0.15, -0.1) is 0 Å². The molecule has 2 heteroatoms. The van der Waals surface area contributed by atoms with E-state index in [9.17, 15) is 0 Å². The molecule has 10 heavy (non-hydrogen) atoms. The van der Waals surface area contributed by atoms with Gasteiger partial charge in [0.25, 0.3) is 0 Å². The number of ether oxygens (including phenoxy) is 1. The van der Waals surface area contributed by atoms with Crippen LogP contribution in [0.4, 0.5) is 0 Å². The van der Waals surface area contributed by atoms with E-state index in [0.717, 1.165) is 26.2 Å². The van der Waals surface area contributed by atoms with Gasteiger partial charge in [0.1, 0.15) is 0 Å². The predicted octanol–water partition coefficient (Wildman–Crippen LogP) is 0.941. The molecule has 0 spiro atoms. The SMILES string of the molecule is C/C=C/CNC1CCOC1. The van der Waals surface area contributed by atoms with Crippen LogP contribution in [-0.2, 0) is 4.74 Å². The van der Waals surface area contributed by atoms with Gasteiger partial charge in [-0.2, -0.15) is 0 Å². The van der Waals surface area contributed by atoms with E-state index in [1.807, 2.05) is 6.92 Å². The maximum Gasteiger partial charge on any atom is 0.0620 e. The van der Waals surface area contributed by atoms with E-state index in [2.05, 4.69) is 17.5 Å². The molecular formula is C8H15NO. The fraction of sp³-hybridized carbons (Fsp3) is 0.750. The number of hydrogen-bond acceptors (Lipinski definition) is 2. The van der Waals surface area contributed by atoms with Crippen molar-refractivity contribution in [3.8, 4) is 0 Å². The first-order valence-electron chi connectivity index (χ1n) is 3.86. The third-order valence-corrected chi connectivity index (χ3v) is 1.69. The van der Waals surface area contributed by atoms with Gasteiger partial charge in [-0.05, 0) is 13.3 Å². The van der Waals surface area contributed by atoms with Crippen LogP contribution >= 0.6 is 0 Å². The van der Waals surface area contributed by atoms with Crippen molar-refractivity contribution in [1.82, 2.24) is 5.32 Å². The van der Waals surface area contributed by atoms with Gasteiger partial charge in [0.15, 0.2) is 0 Å². The first-order chi connectivity index (χ1) is 4.93. The Balaban J connectivity index is 2.01. The van der Waals surface area contributed by atoms with Gasteiger partial charge < -0.3 is 10.1 Å². The second kappa shape index (κ2) is 4.47. The molecule has 0 aromatic rings. The van der Waals surface area contributed by atoms with Crippen molar-refractivity contribution in [2.75, 3.05) is 19.8 Å². The van der Waals surface area contributed by atoms with Crippen LogP contribution < -0.4 is 5.32 Å².